The number of aryl methyl sites for hydroxylation is 3. The third kappa shape index (κ3) is 5.91. The van der Waals surface area contributed by atoms with E-state index in [-0.39, 0.29) is 12.5 Å². The normalized spacial score (nSPS) is 10.6. The molecule has 0 aliphatic heterocycles. The summed E-state index contributed by atoms with van der Waals surface area (Å²) in [5, 5.41) is 7.35. The van der Waals surface area contributed by atoms with Crippen molar-refractivity contribution in [1.82, 2.24) is 0 Å². The molecular weight excluding hydrogens is 419 g/mol. The molecule has 0 heterocycles. The van der Waals surface area contributed by atoms with Crippen molar-refractivity contribution in [3.63, 3.8) is 0 Å². The summed E-state index contributed by atoms with van der Waals surface area (Å²) < 4.78 is 5.61. The molecule has 3 aromatic rings. The van der Waals surface area contributed by atoms with Gasteiger partial charge in [-0.15, -0.1) is 0 Å². The van der Waals surface area contributed by atoms with Gasteiger partial charge >= 0.3 is 0 Å². The molecular formula is C24H24Cl2N2O2. The first-order chi connectivity index (χ1) is 14.3. The van der Waals surface area contributed by atoms with Crippen molar-refractivity contribution < 1.29 is 9.53 Å². The maximum absolute atomic E-state index is 12.2. The summed E-state index contributed by atoms with van der Waals surface area (Å²) in [4.78, 5) is 12.2. The summed E-state index contributed by atoms with van der Waals surface area (Å²) in [5.41, 5.74) is 6.01. The van der Waals surface area contributed by atoms with Crippen LogP contribution in [0.3, 0.4) is 0 Å². The van der Waals surface area contributed by atoms with Crippen LogP contribution in [-0.4, -0.2) is 12.5 Å². The Labute approximate surface area is 187 Å². The molecule has 0 aromatic heterocycles. The highest BCUT2D eigenvalue weighted by Crippen LogP contribution is 2.27. The predicted octanol–water partition coefficient (Wildman–Crippen LogP) is 6.55. The molecule has 0 spiro atoms. The zero-order valence-electron chi connectivity index (χ0n) is 17.2. The van der Waals surface area contributed by atoms with Gasteiger partial charge in [0.2, 0.25) is 0 Å². The monoisotopic (exact) mass is 442 g/mol. The van der Waals surface area contributed by atoms with Gasteiger partial charge in [-0.05, 0) is 67.8 Å². The van der Waals surface area contributed by atoms with E-state index < -0.39 is 0 Å². The van der Waals surface area contributed by atoms with Crippen molar-refractivity contribution in [2.45, 2.75) is 27.3 Å². The lowest BCUT2D eigenvalue weighted by molar-refractivity contribution is -0.118. The van der Waals surface area contributed by atoms with Gasteiger partial charge in [0.25, 0.3) is 5.91 Å². The van der Waals surface area contributed by atoms with Crippen LogP contribution in [-0.2, 0) is 11.3 Å². The summed E-state index contributed by atoms with van der Waals surface area (Å²) in [5.74, 6) is 0.232. The molecule has 1 amide bonds. The molecule has 0 radical (unpaired) electrons. The number of nitrogens with one attached hydrogen (secondary N) is 2. The number of carbonyl (C=O) groups excluding carboxylic acids is 1. The Hall–Kier alpha value is -2.69. The van der Waals surface area contributed by atoms with Crippen LogP contribution in [0.1, 0.15) is 22.3 Å². The van der Waals surface area contributed by atoms with Gasteiger partial charge in [-0.2, -0.15) is 0 Å². The van der Waals surface area contributed by atoms with Gasteiger partial charge < -0.3 is 15.4 Å². The molecule has 0 fully saturated rings. The minimum Gasteiger partial charge on any atom is -0.482 e. The van der Waals surface area contributed by atoms with E-state index in [2.05, 4.69) is 10.6 Å². The summed E-state index contributed by atoms with van der Waals surface area (Å²) in [6, 6.07) is 17.1. The quantitative estimate of drug-likeness (QED) is 0.436. The second-order valence-corrected chi connectivity index (χ2v) is 8.08. The zero-order valence-corrected chi connectivity index (χ0v) is 18.7. The van der Waals surface area contributed by atoms with Gasteiger partial charge in [0, 0.05) is 22.9 Å². The first-order valence-corrected chi connectivity index (χ1v) is 10.4. The molecule has 2 N–H and O–H groups in total. The third-order valence-corrected chi connectivity index (χ3v) is 5.22. The number of amides is 1. The zero-order chi connectivity index (χ0) is 21.7. The van der Waals surface area contributed by atoms with Crippen molar-refractivity contribution in [2.75, 3.05) is 17.2 Å². The minimum absolute atomic E-state index is 0.119. The Bertz CT molecular complexity index is 1070. The number of hydrogen-bond acceptors (Lipinski definition) is 3. The Kier molecular flexibility index (Phi) is 7.24. The van der Waals surface area contributed by atoms with E-state index in [1.54, 1.807) is 6.07 Å². The van der Waals surface area contributed by atoms with Gasteiger partial charge in [-0.1, -0.05) is 53.0 Å². The summed E-state index contributed by atoms with van der Waals surface area (Å²) in [7, 11) is 0. The first kappa shape index (κ1) is 22.0. The van der Waals surface area contributed by atoms with Crippen LogP contribution in [0.15, 0.2) is 54.6 Å². The lowest BCUT2D eigenvalue weighted by Gasteiger charge is -2.13. The van der Waals surface area contributed by atoms with Crippen LogP contribution >= 0.6 is 23.2 Å². The average Bonchev–Trinajstić information content (AvgIpc) is 2.70. The Balaban J connectivity index is 1.56. The predicted molar refractivity (Wildman–Crippen MR) is 125 cm³/mol. The molecule has 3 aromatic carbocycles. The van der Waals surface area contributed by atoms with Crippen LogP contribution in [0.25, 0.3) is 0 Å². The maximum Gasteiger partial charge on any atom is 0.262 e. The van der Waals surface area contributed by atoms with Crippen LogP contribution in [0, 0.1) is 20.8 Å². The SMILES string of the molecule is Cc1ccc(NC(=O)COc2ccc(CNc3cc(Cl)ccc3C)cc2Cl)c(C)c1. The van der Waals surface area contributed by atoms with E-state index in [9.17, 15) is 4.79 Å². The molecule has 0 saturated heterocycles. The Morgan fingerprint density at radius 3 is 2.43 bits per heavy atom. The molecule has 4 nitrogen and oxygen atoms in total. The lowest BCUT2D eigenvalue weighted by Crippen LogP contribution is -2.20. The maximum atomic E-state index is 12.2. The molecule has 0 aliphatic rings. The number of halogens is 2. The van der Waals surface area contributed by atoms with E-state index in [0.717, 1.165) is 33.6 Å². The van der Waals surface area contributed by atoms with Crippen molar-refractivity contribution in [3.8, 4) is 5.75 Å². The number of ether oxygens (including phenoxy) is 1. The highest BCUT2D eigenvalue weighted by Gasteiger charge is 2.09. The van der Waals surface area contributed by atoms with Crippen molar-refractivity contribution >= 4 is 40.5 Å². The Morgan fingerprint density at radius 2 is 1.70 bits per heavy atom. The smallest absolute Gasteiger partial charge is 0.262 e. The second-order valence-electron chi connectivity index (χ2n) is 7.23. The van der Waals surface area contributed by atoms with Gasteiger partial charge in [0.05, 0.1) is 5.02 Å². The fraction of sp³-hybridized carbons (Fsp3) is 0.208. The number of rotatable bonds is 7. The third-order valence-electron chi connectivity index (χ3n) is 4.69. The first-order valence-electron chi connectivity index (χ1n) is 9.60. The van der Waals surface area contributed by atoms with Crippen molar-refractivity contribution in [2.24, 2.45) is 0 Å². The van der Waals surface area contributed by atoms with Crippen LogP contribution < -0.4 is 15.4 Å². The number of benzene rings is 3. The molecule has 6 heteroatoms. The van der Waals surface area contributed by atoms with E-state index in [4.69, 9.17) is 27.9 Å². The second kappa shape index (κ2) is 9.88. The molecule has 0 atom stereocenters. The minimum atomic E-state index is -0.236. The molecule has 0 bridgehead atoms. The number of anilines is 2. The standard InChI is InChI=1S/C24H24Cl2N2O2/c1-15-4-8-21(17(3)10-15)28-24(29)14-30-23-9-6-18(11-20(23)26)13-27-22-12-19(25)7-5-16(22)2/h4-12,27H,13-14H2,1-3H3,(H,28,29). The number of hydrogen-bond donors (Lipinski definition) is 2. The number of carbonyl (C=O) groups is 1. The van der Waals surface area contributed by atoms with E-state index in [1.165, 1.54) is 0 Å². The summed E-state index contributed by atoms with van der Waals surface area (Å²) in [6.07, 6.45) is 0. The molecule has 3 rings (SSSR count). The summed E-state index contributed by atoms with van der Waals surface area (Å²) in [6.45, 7) is 6.46. The molecule has 30 heavy (non-hydrogen) atoms. The fourth-order valence-electron chi connectivity index (χ4n) is 3.04. The van der Waals surface area contributed by atoms with Crippen molar-refractivity contribution in [3.05, 3.63) is 86.9 Å². The van der Waals surface area contributed by atoms with Gasteiger partial charge in [-0.3, -0.25) is 4.79 Å². The van der Waals surface area contributed by atoms with Crippen LogP contribution in [0.4, 0.5) is 11.4 Å². The molecule has 0 aliphatic carbocycles. The molecule has 0 unspecified atom stereocenters. The molecule has 0 saturated carbocycles. The van der Waals surface area contributed by atoms with Gasteiger partial charge in [0.15, 0.2) is 6.61 Å². The average molecular weight is 443 g/mol. The van der Waals surface area contributed by atoms with Crippen molar-refractivity contribution in [1.29, 1.82) is 0 Å². The lowest BCUT2D eigenvalue weighted by atomic mass is 10.1. The van der Waals surface area contributed by atoms with Gasteiger partial charge in [-0.25, -0.2) is 0 Å². The largest absolute Gasteiger partial charge is 0.482 e. The summed E-state index contributed by atoms with van der Waals surface area (Å²) >= 11 is 12.4. The Morgan fingerprint density at radius 1 is 0.900 bits per heavy atom. The highest BCUT2D eigenvalue weighted by molar-refractivity contribution is 6.32. The van der Waals surface area contributed by atoms with E-state index in [0.29, 0.717) is 22.3 Å². The van der Waals surface area contributed by atoms with E-state index >= 15 is 0 Å². The van der Waals surface area contributed by atoms with E-state index in [1.807, 2.05) is 69.3 Å². The highest BCUT2D eigenvalue weighted by atomic mass is 35.5. The van der Waals surface area contributed by atoms with Crippen LogP contribution in [0.2, 0.25) is 10.0 Å². The van der Waals surface area contributed by atoms with Crippen LogP contribution in [0.5, 0.6) is 5.75 Å². The topological polar surface area (TPSA) is 50.4 Å². The fourth-order valence-corrected chi connectivity index (χ4v) is 3.47. The molecule has 156 valence electrons. The van der Waals surface area contributed by atoms with Gasteiger partial charge in [0.1, 0.15) is 5.75 Å².